The van der Waals surface area contributed by atoms with Crippen molar-refractivity contribution in [3.05, 3.63) is 70.4 Å². The summed E-state index contributed by atoms with van der Waals surface area (Å²) in [5, 5.41) is 4.75. The maximum atomic E-state index is 14.2. The van der Waals surface area contributed by atoms with Gasteiger partial charge in [0.1, 0.15) is 35.2 Å². The van der Waals surface area contributed by atoms with E-state index in [9.17, 15) is 35.9 Å². The first-order chi connectivity index (χ1) is 20.4. The van der Waals surface area contributed by atoms with Crippen molar-refractivity contribution < 1.29 is 40.7 Å². The van der Waals surface area contributed by atoms with Gasteiger partial charge in [-0.15, -0.1) is 0 Å². The number of aryl methyl sites for hydroxylation is 1. The second-order valence-corrected chi connectivity index (χ2v) is 11.0. The third-order valence-corrected chi connectivity index (χ3v) is 7.32. The number of hydrogen-bond acceptors (Lipinski definition) is 7. The van der Waals surface area contributed by atoms with Gasteiger partial charge < -0.3 is 21.1 Å². The summed E-state index contributed by atoms with van der Waals surface area (Å²) in [6.07, 6.45) is -3.29. The normalized spacial score (nSPS) is 15.6. The number of nitrogens with two attached hydrogens (primary N) is 1. The second-order valence-electron chi connectivity index (χ2n) is 11.0. The van der Waals surface area contributed by atoms with Crippen molar-refractivity contribution in [2.45, 2.75) is 51.4 Å². The zero-order valence-electron chi connectivity index (χ0n) is 23.7. The van der Waals surface area contributed by atoms with Gasteiger partial charge in [-0.05, 0) is 52.0 Å². The number of hydrogen-bond donors (Lipinski definition) is 3. The predicted molar refractivity (Wildman–Crippen MR) is 144 cm³/mol. The molecular weight excluding hydrogens is 596 g/mol. The topological polar surface area (TPSA) is 137 Å². The molecule has 0 saturated carbocycles. The average Bonchev–Trinajstić information content (AvgIpc) is 3.40. The van der Waals surface area contributed by atoms with Gasteiger partial charge in [-0.1, -0.05) is 0 Å². The first-order valence-electron chi connectivity index (χ1n) is 13.0. The van der Waals surface area contributed by atoms with Gasteiger partial charge in [0.25, 0.3) is 5.91 Å². The number of carbonyl (C=O) groups excluding carboxylic acids is 2. The summed E-state index contributed by atoms with van der Waals surface area (Å²) in [6.45, 7) is 3.65. The van der Waals surface area contributed by atoms with Crippen LogP contribution in [0.4, 0.5) is 32.2 Å². The Hall–Kier alpha value is -4.73. The summed E-state index contributed by atoms with van der Waals surface area (Å²) in [5.74, 6) is -5.30. The van der Waals surface area contributed by atoms with Gasteiger partial charge in [0, 0.05) is 18.3 Å². The molecule has 0 saturated heterocycles. The quantitative estimate of drug-likeness (QED) is 0.206. The lowest BCUT2D eigenvalue weighted by Gasteiger charge is -2.28. The number of amides is 2. The standard InChI is InChI=1S/C28H25F6N7O3/c1-12-20(41-9-5-6-16(23(41)37-12)44-10-13-14(29)7-8-15(30)18(13)31)22-38-19(17-21(39-22)40-25(43)26(17,2)3)24(42)36-11-27(4,35)28(32,33)34/h5-9H,10-11,35H2,1-4H3,(H,36,42)(H,38,39,40,43). The third kappa shape index (κ3) is 5.08. The number of aromatic nitrogens is 4. The van der Waals surface area contributed by atoms with Crippen molar-refractivity contribution in [2.24, 2.45) is 5.73 Å². The van der Waals surface area contributed by atoms with Crippen LogP contribution in [-0.4, -0.2) is 49.4 Å². The number of benzene rings is 1. The van der Waals surface area contributed by atoms with Crippen LogP contribution in [-0.2, 0) is 16.8 Å². The van der Waals surface area contributed by atoms with E-state index in [4.69, 9.17) is 10.5 Å². The van der Waals surface area contributed by atoms with Crippen LogP contribution in [0.5, 0.6) is 5.75 Å². The highest BCUT2D eigenvalue weighted by Gasteiger charge is 2.49. The Bertz CT molecular complexity index is 1830. The van der Waals surface area contributed by atoms with Crippen molar-refractivity contribution in [2.75, 3.05) is 11.9 Å². The van der Waals surface area contributed by atoms with Crippen LogP contribution in [0.25, 0.3) is 17.2 Å². The lowest BCUT2D eigenvalue weighted by atomic mass is 9.85. The summed E-state index contributed by atoms with van der Waals surface area (Å²) in [7, 11) is 0. The highest BCUT2D eigenvalue weighted by atomic mass is 19.4. The van der Waals surface area contributed by atoms with Crippen LogP contribution in [0.3, 0.4) is 0 Å². The molecule has 44 heavy (non-hydrogen) atoms. The molecule has 4 aromatic rings. The lowest BCUT2D eigenvalue weighted by molar-refractivity contribution is -0.178. The molecule has 0 fully saturated rings. The van der Waals surface area contributed by atoms with E-state index >= 15 is 0 Å². The van der Waals surface area contributed by atoms with E-state index in [1.807, 2.05) is 0 Å². The van der Waals surface area contributed by atoms with E-state index in [1.54, 1.807) is 6.92 Å². The van der Waals surface area contributed by atoms with E-state index in [0.717, 1.165) is 13.0 Å². The van der Waals surface area contributed by atoms with Gasteiger partial charge in [0.05, 0.1) is 16.7 Å². The van der Waals surface area contributed by atoms with Gasteiger partial charge in [0.2, 0.25) is 5.91 Å². The summed E-state index contributed by atoms with van der Waals surface area (Å²) in [6, 6.07) is 4.39. The summed E-state index contributed by atoms with van der Waals surface area (Å²) < 4.78 is 89.1. The molecule has 5 rings (SSSR count). The van der Waals surface area contributed by atoms with E-state index in [2.05, 4.69) is 25.6 Å². The maximum absolute atomic E-state index is 14.2. The molecule has 10 nitrogen and oxygen atoms in total. The number of rotatable bonds is 7. The van der Waals surface area contributed by atoms with Gasteiger partial charge in [-0.3, -0.25) is 14.0 Å². The molecule has 0 radical (unpaired) electrons. The molecule has 1 aliphatic heterocycles. The minimum Gasteiger partial charge on any atom is -0.485 e. The predicted octanol–water partition coefficient (Wildman–Crippen LogP) is 4.34. The van der Waals surface area contributed by atoms with Gasteiger partial charge in [0.15, 0.2) is 28.9 Å². The van der Waals surface area contributed by atoms with Crippen LogP contribution >= 0.6 is 0 Å². The zero-order valence-corrected chi connectivity index (χ0v) is 23.7. The molecule has 1 atom stereocenters. The monoisotopic (exact) mass is 621 g/mol. The third-order valence-electron chi connectivity index (χ3n) is 7.32. The molecule has 0 spiro atoms. The zero-order chi connectivity index (χ0) is 32.4. The molecule has 1 aromatic carbocycles. The molecule has 2 amide bonds. The SMILES string of the molecule is Cc1nc2c(OCc3c(F)ccc(F)c3F)cccn2c1-c1nc2c(c(C(=O)NCC(C)(N)C(F)(F)F)n1)C(C)(C)C(=O)N2. The number of fused-ring (bicyclic) bond motifs is 2. The molecule has 4 heterocycles. The van der Waals surface area contributed by atoms with E-state index in [0.29, 0.717) is 11.8 Å². The van der Waals surface area contributed by atoms with Crippen molar-refractivity contribution in [3.8, 4) is 17.3 Å². The number of ether oxygens (including phenoxy) is 1. The van der Waals surface area contributed by atoms with Gasteiger partial charge >= 0.3 is 6.18 Å². The number of halogens is 6. The average molecular weight is 622 g/mol. The molecular formula is C28H25F6N7O3. The van der Waals surface area contributed by atoms with Crippen LogP contribution < -0.4 is 21.1 Å². The fourth-order valence-corrected chi connectivity index (χ4v) is 4.63. The van der Waals surface area contributed by atoms with Crippen molar-refractivity contribution in [1.82, 2.24) is 24.7 Å². The Morgan fingerprint density at radius 3 is 2.48 bits per heavy atom. The lowest BCUT2D eigenvalue weighted by Crippen LogP contribution is -2.58. The summed E-state index contributed by atoms with van der Waals surface area (Å²) in [5.41, 5.74) is 1.04. The molecule has 4 N–H and O–H groups in total. The maximum Gasteiger partial charge on any atom is 0.407 e. The highest BCUT2D eigenvalue weighted by Crippen LogP contribution is 2.40. The van der Waals surface area contributed by atoms with Crippen molar-refractivity contribution in [1.29, 1.82) is 0 Å². The Kier molecular flexibility index (Phi) is 7.31. The van der Waals surface area contributed by atoms with Crippen molar-refractivity contribution >= 4 is 23.3 Å². The fourth-order valence-electron chi connectivity index (χ4n) is 4.63. The minimum atomic E-state index is -4.82. The Morgan fingerprint density at radius 1 is 1.11 bits per heavy atom. The van der Waals surface area contributed by atoms with Crippen LogP contribution in [0.2, 0.25) is 0 Å². The highest BCUT2D eigenvalue weighted by molar-refractivity contribution is 6.09. The molecule has 1 aliphatic rings. The molecule has 0 bridgehead atoms. The number of carbonyl (C=O) groups is 2. The Balaban J connectivity index is 1.57. The Morgan fingerprint density at radius 2 is 1.80 bits per heavy atom. The first kappa shape index (κ1) is 30.7. The number of alkyl halides is 3. The molecule has 3 aromatic heterocycles. The van der Waals surface area contributed by atoms with Gasteiger partial charge in [-0.2, -0.15) is 13.2 Å². The summed E-state index contributed by atoms with van der Waals surface area (Å²) >= 11 is 0. The number of nitrogens with one attached hydrogen (secondary N) is 2. The first-order valence-corrected chi connectivity index (χ1v) is 13.0. The minimum absolute atomic E-state index is 0.0275. The smallest absolute Gasteiger partial charge is 0.407 e. The van der Waals surface area contributed by atoms with Crippen LogP contribution in [0.1, 0.15) is 48.1 Å². The van der Waals surface area contributed by atoms with E-state index in [1.165, 1.54) is 36.6 Å². The second kappa shape index (κ2) is 10.5. The van der Waals surface area contributed by atoms with E-state index < -0.39 is 65.1 Å². The molecule has 232 valence electrons. The number of nitrogens with zero attached hydrogens (tertiary/aromatic N) is 4. The molecule has 1 unspecified atom stereocenters. The largest absolute Gasteiger partial charge is 0.485 e. The number of pyridine rings is 1. The van der Waals surface area contributed by atoms with E-state index in [-0.39, 0.29) is 40.0 Å². The number of anilines is 1. The van der Waals surface area contributed by atoms with Crippen LogP contribution in [0, 0.1) is 24.4 Å². The Labute approximate surface area is 245 Å². The van der Waals surface area contributed by atoms with Crippen molar-refractivity contribution in [3.63, 3.8) is 0 Å². The fraction of sp³-hybridized carbons (Fsp3) is 0.321. The summed E-state index contributed by atoms with van der Waals surface area (Å²) in [4.78, 5) is 39.3. The molecule has 16 heteroatoms. The molecule has 0 aliphatic carbocycles. The van der Waals surface area contributed by atoms with Gasteiger partial charge in [-0.25, -0.2) is 28.1 Å². The number of imidazole rings is 1. The van der Waals surface area contributed by atoms with Crippen LogP contribution in [0.15, 0.2) is 30.5 Å².